The fourth-order valence-corrected chi connectivity index (χ4v) is 11.0. The van der Waals surface area contributed by atoms with Gasteiger partial charge in [-0.1, -0.05) is 51.7 Å². The fourth-order valence-electron chi connectivity index (χ4n) is 11.0. The first-order valence-corrected chi connectivity index (χ1v) is 25.6. The molecule has 4 aliphatic heterocycles. The van der Waals surface area contributed by atoms with Crippen LogP contribution < -0.4 is 0 Å². The van der Waals surface area contributed by atoms with Crippen LogP contribution in [0.2, 0.25) is 0 Å². The van der Waals surface area contributed by atoms with Crippen molar-refractivity contribution >= 4 is 23.6 Å². The Hall–Kier alpha value is -2.96. The van der Waals surface area contributed by atoms with Gasteiger partial charge in [-0.3, -0.25) is 38.5 Å². The summed E-state index contributed by atoms with van der Waals surface area (Å²) in [6.07, 6.45) is 12.9. The second kappa shape index (κ2) is 23.1. The Morgan fingerprint density at radius 1 is 0.368 bits per heavy atom. The summed E-state index contributed by atoms with van der Waals surface area (Å²) >= 11 is 0. The van der Waals surface area contributed by atoms with Gasteiger partial charge in [0.05, 0.1) is 26.4 Å². The molecule has 4 saturated heterocycles. The normalized spacial score (nSPS) is 23.8. The lowest BCUT2D eigenvalue weighted by Gasteiger charge is -2.39. The average Bonchev–Trinajstić information content (AvgIpc) is 3.58. The lowest BCUT2D eigenvalue weighted by atomic mass is 10.1. The second-order valence-electron chi connectivity index (χ2n) is 22.9. The Kier molecular flexibility index (Phi) is 20.1. The molecular weight excluding hydrogens is 865 g/mol. The Balaban J connectivity index is 0.000000360. The first-order chi connectivity index (χ1) is 31.4. The van der Waals surface area contributed by atoms with Crippen molar-refractivity contribution in [2.24, 2.45) is 0 Å². The molecule has 0 radical (unpaired) electrons. The van der Waals surface area contributed by atoms with Gasteiger partial charge < -0.3 is 19.6 Å². The van der Waals surface area contributed by atoms with Gasteiger partial charge in [-0.15, -0.1) is 33.4 Å². The molecule has 0 aromatic carbocycles. The third-order valence-electron chi connectivity index (χ3n) is 14.3. The molecule has 16 nitrogen and oxygen atoms in total. The zero-order valence-electron chi connectivity index (χ0n) is 46.1. The van der Waals surface area contributed by atoms with Crippen molar-refractivity contribution < 1.29 is 38.5 Å². The van der Waals surface area contributed by atoms with Crippen LogP contribution in [0.3, 0.4) is 0 Å². The standard InChI is InChI=1S/C26H50N4O4.C26H46N4O4/c2*1-11-19-33-29-23(3,4)21(31)27(25(29,7)8)17-15-13-14-16-18-28-22(32)24(5,6)30(26(28,9)10)34-20-12-2/h11-20H2,1-10H3;11-12H,1-2,13-20H2,3-10H3. The van der Waals surface area contributed by atoms with Crippen molar-refractivity contribution in [3.8, 4) is 0 Å². The summed E-state index contributed by atoms with van der Waals surface area (Å²) in [7, 11) is 0. The number of hydrogen-bond acceptors (Lipinski definition) is 12. The molecule has 4 heterocycles. The molecule has 4 aliphatic rings. The van der Waals surface area contributed by atoms with E-state index in [1.807, 2.05) is 113 Å². The Morgan fingerprint density at radius 2 is 0.574 bits per heavy atom. The van der Waals surface area contributed by atoms with Crippen molar-refractivity contribution in [2.75, 3.05) is 52.6 Å². The van der Waals surface area contributed by atoms with E-state index in [1.165, 1.54) is 0 Å². The molecule has 0 atom stereocenters. The number of carbonyl (C=O) groups is 4. The lowest BCUT2D eigenvalue weighted by Crippen LogP contribution is -2.52. The highest BCUT2D eigenvalue weighted by molar-refractivity contribution is 5.90. The number of nitrogens with zero attached hydrogens (tertiary/aromatic N) is 8. The van der Waals surface area contributed by atoms with Gasteiger partial charge in [0.25, 0.3) is 0 Å². The maximum absolute atomic E-state index is 13.1. The summed E-state index contributed by atoms with van der Waals surface area (Å²) in [6.45, 7) is 48.0. The minimum absolute atomic E-state index is 0.0767. The van der Waals surface area contributed by atoms with E-state index < -0.39 is 44.8 Å². The van der Waals surface area contributed by atoms with Gasteiger partial charge in [0.2, 0.25) is 23.6 Å². The minimum atomic E-state index is -0.722. The van der Waals surface area contributed by atoms with Crippen LogP contribution in [-0.2, 0) is 38.5 Å². The van der Waals surface area contributed by atoms with E-state index >= 15 is 0 Å². The van der Waals surface area contributed by atoms with E-state index in [2.05, 4.69) is 54.7 Å². The van der Waals surface area contributed by atoms with E-state index in [9.17, 15) is 19.2 Å². The molecule has 4 fully saturated rings. The molecule has 16 heteroatoms. The third kappa shape index (κ3) is 11.9. The van der Waals surface area contributed by atoms with Gasteiger partial charge >= 0.3 is 0 Å². The number of hydrogen-bond donors (Lipinski definition) is 0. The van der Waals surface area contributed by atoms with E-state index in [0.29, 0.717) is 52.6 Å². The molecule has 0 N–H and O–H groups in total. The SMILES string of the molecule is C=CCON1C(C)(C)C(=O)N(CCCCCCN2C(=O)C(C)(C)N(OCC=C)C2(C)C)C1(C)C.CCCON1C(C)(C)C(=O)N(CCCCCCN2C(=O)C(C)(C)N(OCCC)C2(C)C)C1(C)C. The van der Waals surface area contributed by atoms with E-state index in [1.54, 1.807) is 22.3 Å². The lowest BCUT2D eigenvalue weighted by molar-refractivity contribution is -0.253. The monoisotopic (exact) mass is 961 g/mol. The van der Waals surface area contributed by atoms with E-state index in [0.717, 1.165) is 64.2 Å². The molecule has 4 amide bonds. The molecule has 0 bridgehead atoms. The zero-order chi connectivity index (χ0) is 51.9. The highest BCUT2D eigenvalue weighted by Crippen LogP contribution is 2.42. The van der Waals surface area contributed by atoms with Gasteiger partial charge in [0.15, 0.2) is 0 Å². The molecule has 0 unspecified atom stereocenters. The first-order valence-electron chi connectivity index (χ1n) is 25.6. The topological polar surface area (TPSA) is 131 Å². The van der Waals surface area contributed by atoms with Crippen LogP contribution in [0.5, 0.6) is 0 Å². The first kappa shape index (κ1) is 59.3. The predicted octanol–water partition coefficient (Wildman–Crippen LogP) is 8.65. The van der Waals surface area contributed by atoms with Crippen LogP contribution in [-0.4, -0.2) is 161 Å². The molecule has 0 aromatic heterocycles. The molecule has 68 heavy (non-hydrogen) atoms. The molecule has 0 aromatic rings. The van der Waals surface area contributed by atoms with Crippen molar-refractivity contribution in [3.63, 3.8) is 0 Å². The minimum Gasteiger partial charge on any atom is -0.321 e. The number of carbonyl (C=O) groups excluding carboxylic acids is 4. The smallest absolute Gasteiger partial charge is 0.246 e. The maximum Gasteiger partial charge on any atom is 0.246 e. The zero-order valence-corrected chi connectivity index (χ0v) is 46.1. The van der Waals surface area contributed by atoms with Crippen LogP contribution in [0, 0.1) is 0 Å². The van der Waals surface area contributed by atoms with Gasteiger partial charge in [0.1, 0.15) is 44.8 Å². The van der Waals surface area contributed by atoms with Gasteiger partial charge in [-0.05, 0) is 149 Å². The number of hydroxylamine groups is 8. The summed E-state index contributed by atoms with van der Waals surface area (Å²) in [4.78, 5) is 83.9. The molecule has 4 rings (SSSR count). The quantitative estimate of drug-likeness (QED) is 0.0608. The van der Waals surface area contributed by atoms with Crippen LogP contribution in [0.15, 0.2) is 25.3 Å². The van der Waals surface area contributed by atoms with Crippen LogP contribution in [0.25, 0.3) is 0 Å². The molecule has 0 aliphatic carbocycles. The van der Waals surface area contributed by atoms with Crippen molar-refractivity contribution in [2.45, 2.75) is 234 Å². The average molecular weight is 961 g/mol. The predicted molar refractivity (Wildman–Crippen MR) is 269 cm³/mol. The van der Waals surface area contributed by atoms with Crippen molar-refractivity contribution in [3.05, 3.63) is 25.3 Å². The Labute approximate surface area is 412 Å². The molecular formula is C52H96N8O8. The van der Waals surface area contributed by atoms with Crippen LogP contribution >= 0.6 is 0 Å². The van der Waals surface area contributed by atoms with Gasteiger partial charge in [0, 0.05) is 26.2 Å². The summed E-state index contributed by atoms with van der Waals surface area (Å²) in [5, 5.41) is 7.35. The number of rotatable bonds is 26. The van der Waals surface area contributed by atoms with Crippen LogP contribution in [0.1, 0.15) is 189 Å². The Morgan fingerprint density at radius 3 is 0.765 bits per heavy atom. The van der Waals surface area contributed by atoms with Gasteiger partial charge in [-0.2, -0.15) is 0 Å². The largest absolute Gasteiger partial charge is 0.321 e. The highest BCUT2D eigenvalue weighted by atomic mass is 16.7. The van der Waals surface area contributed by atoms with Crippen LogP contribution in [0.4, 0.5) is 0 Å². The second-order valence-corrected chi connectivity index (χ2v) is 22.9. The maximum atomic E-state index is 13.1. The van der Waals surface area contributed by atoms with E-state index in [4.69, 9.17) is 19.4 Å². The Bertz CT molecular complexity index is 1620. The third-order valence-corrected chi connectivity index (χ3v) is 14.3. The fraction of sp³-hybridized carbons (Fsp3) is 0.846. The summed E-state index contributed by atoms with van der Waals surface area (Å²) < 4.78 is 0. The van der Waals surface area contributed by atoms with Gasteiger partial charge in [-0.25, -0.2) is 0 Å². The number of amides is 4. The summed E-state index contributed by atoms with van der Waals surface area (Å²) in [5.74, 6) is 0.389. The van der Waals surface area contributed by atoms with Crippen molar-refractivity contribution in [1.82, 2.24) is 39.9 Å². The van der Waals surface area contributed by atoms with Crippen molar-refractivity contribution in [1.29, 1.82) is 0 Å². The number of unbranched alkanes of at least 4 members (excludes halogenated alkanes) is 6. The summed E-state index contributed by atoms with van der Waals surface area (Å²) in [5.41, 5.74) is -4.80. The highest BCUT2D eigenvalue weighted by Gasteiger charge is 2.60. The molecule has 0 spiro atoms. The summed E-state index contributed by atoms with van der Waals surface area (Å²) in [6, 6.07) is 0. The molecule has 392 valence electrons. The van der Waals surface area contributed by atoms with E-state index in [-0.39, 0.29) is 23.6 Å². The molecule has 0 saturated carbocycles.